The number of ether oxygens (including phenoxy) is 2. The van der Waals surface area contributed by atoms with Gasteiger partial charge in [-0.15, -0.1) is 0 Å². The fourth-order valence-corrected chi connectivity index (χ4v) is 4.14. The molecule has 23 heavy (non-hydrogen) atoms. The van der Waals surface area contributed by atoms with Crippen molar-refractivity contribution in [3.63, 3.8) is 0 Å². The molecule has 2 saturated carbocycles. The minimum atomic E-state index is -0.844. The maximum absolute atomic E-state index is 11.9. The molecule has 0 spiro atoms. The van der Waals surface area contributed by atoms with E-state index in [0.29, 0.717) is 29.4 Å². The van der Waals surface area contributed by atoms with Crippen LogP contribution < -0.4 is 9.47 Å². The van der Waals surface area contributed by atoms with E-state index >= 15 is 0 Å². The Labute approximate surface area is 141 Å². The fourth-order valence-electron chi connectivity index (χ4n) is 3.89. The molecular weight excluding hydrogens is 316 g/mol. The average Bonchev–Trinajstić information content (AvgIpc) is 3.20. The average molecular weight is 339 g/mol. The van der Waals surface area contributed by atoms with Gasteiger partial charge in [0.2, 0.25) is 0 Å². The summed E-state index contributed by atoms with van der Waals surface area (Å²) < 4.78 is 11.5. The van der Waals surface area contributed by atoms with Gasteiger partial charge in [-0.2, -0.15) is 0 Å². The Morgan fingerprint density at radius 3 is 2.43 bits per heavy atom. The zero-order valence-electron chi connectivity index (χ0n) is 13.4. The summed E-state index contributed by atoms with van der Waals surface area (Å²) in [6.45, 7) is 0. The van der Waals surface area contributed by atoms with E-state index in [4.69, 9.17) is 21.1 Å². The van der Waals surface area contributed by atoms with Crippen LogP contribution in [0.4, 0.5) is 0 Å². The van der Waals surface area contributed by atoms with Gasteiger partial charge >= 0.3 is 5.97 Å². The van der Waals surface area contributed by atoms with Crippen LogP contribution in [0.3, 0.4) is 0 Å². The summed E-state index contributed by atoms with van der Waals surface area (Å²) in [7, 11) is 1.57. The quantitative estimate of drug-likeness (QED) is 0.854. The third-order valence-electron chi connectivity index (χ3n) is 5.24. The predicted molar refractivity (Wildman–Crippen MR) is 88.7 cm³/mol. The molecule has 0 atom stereocenters. The Morgan fingerprint density at radius 1 is 1.22 bits per heavy atom. The van der Waals surface area contributed by atoms with Crippen molar-refractivity contribution in [2.45, 2.75) is 62.9 Å². The minimum absolute atomic E-state index is 0.173. The van der Waals surface area contributed by atoms with Gasteiger partial charge in [0.05, 0.1) is 23.7 Å². The van der Waals surface area contributed by atoms with Gasteiger partial charge < -0.3 is 14.6 Å². The first-order valence-corrected chi connectivity index (χ1v) is 8.73. The van der Waals surface area contributed by atoms with Gasteiger partial charge in [0, 0.05) is 0 Å². The summed E-state index contributed by atoms with van der Waals surface area (Å²) in [4.78, 5) is 11.9. The summed E-state index contributed by atoms with van der Waals surface area (Å²) in [5, 5.41) is 10.2. The van der Waals surface area contributed by atoms with Gasteiger partial charge in [0.1, 0.15) is 0 Å². The highest BCUT2D eigenvalue weighted by Crippen LogP contribution is 2.47. The standard InChI is InChI=1S/C18H23ClO4/c1-22-15-11-12(18(17(20)21)8-4-5-9-18)10-14(19)16(15)23-13-6-2-3-7-13/h10-11,13H,2-9H2,1H3,(H,20,21). The second-order valence-corrected chi connectivity index (χ2v) is 7.02. The van der Waals surface area contributed by atoms with Crippen molar-refractivity contribution in [2.75, 3.05) is 7.11 Å². The summed E-state index contributed by atoms with van der Waals surface area (Å²) >= 11 is 6.44. The summed E-state index contributed by atoms with van der Waals surface area (Å²) in [6, 6.07) is 3.56. The molecule has 1 aromatic rings. The molecule has 0 heterocycles. The number of hydrogen-bond acceptors (Lipinski definition) is 3. The van der Waals surface area contributed by atoms with E-state index < -0.39 is 11.4 Å². The molecule has 5 heteroatoms. The minimum Gasteiger partial charge on any atom is -0.493 e. The number of methoxy groups -OCH3 is 1. The molecule has 4 nitrogen and oxygen atoms in total. The van der Waals surface area contributed by atoms with Crippen molar-refractivity contribution in [1.29, 1.82) is 0 Å². The normalized spacial score (nSPS) is 20.6. The van der Waals surface area contributed by atoms with Gasteiger partial charge in [-0.1, -0.05) is 24.4 Å². The SMILES string of the molecule is COc1cc(C2(C(=O)O)CCCC2)cc(Cl)c1OC1CCCC1. The molecule has 3 rings (SSSR count). The van der Waals surface area contributed by atoms with Crippen molar-refractivity contribution < 1.29 is 19.4 Å². The number of carboxylic acids is 1. The van der Waals surface area contributed by atoms with Crippen LogP contribution in [0.25, 0.3) is 0 Å². The van der Waals surface area contributed by atoms with E-state index in [0.717, 1.165) is 31.2 Å². The molecule has 2 aliphatic carbocycles. The lowest BCUT2D eigenvalue weighted by atomic mass is 9.79. The zero-order chi connectivity index (χ0) is 16.4. The molecule has 1 N–H and O–H groups in total. The van der Waals surface area contributed by atoms with E-state index in [2.05, 4.69) is 0 Å². The van der Waals surface area contributed by atoms with Gasteiger partial charge in [-0.05, 0) is 56.2 Å². The number of rotatable bonds is 5. The molecule has 0 bridgehead atoms. The first kappa shape index (κ1) is 16.4. The number of aliphatic carboxylic acids is 1. The predicted octanol–water partition coefficient (Wildman–Crippen LogP) is 4.57. The summed E-state index contributed by atoms with van der Waals surface area (Å²) in [5.74, 6) is 0.299. The van der Waals surface area contributed by atoms with Gasteiger partial charge in [-0.3, -0.25) is 4.79 Å². The maximum Gasteiger partial charge on any atom is 0.314 e. The molecule has 2 aliphatic rings. The summed E-state index contributed by atoms with van der Waals surface area (Å²) in [5.41, 5.74) is -0.119. The molecule has 0 saturated heterocycles. The number of carboxylic acid groups (broad SMARTS) is 1. The van der Waals surface area contributed by atoms with E-state index in [1.165, 1.54) is 12.8 Å². The highest BCUT2D eigenvalue weighted by Gasteiger charge is 2.43. The molecule has 0 aromatic heterocycles. The van der Waals surface area contributed by atoms with E-state index in [9.17, 15) is 9.90 Å². The first-order chi connectivity index (χ1) is 11.1. The molecule has 0 amide bonds. The van der Waals surface area contributed by atoms with Crippen LogP contribution in [0.1, 0.15) is 56.9 Å². The zero-order valence-corrected chi connectivity index (χ0v) is 14.2. The number of hydrogen-bond donors (Lipinski definition) is 1. The molecule has 1 aromatic carbocycles. The lowest BCUT2D eigenvalue weighted by Gasteiger charge is -2.26. The van der Waals surface area contributed by atoms with Crippen molar-refractivity contribution in [3.05, 3.63) is 22.7 Å². The van der Waals surface area contributed by atoms with E-state index in [1.54, 1.807) is 19.2 Å². The number of benzene rings is 1. The van der Waals surface area contributed by atoms with Gasteiger partial charge in [0.25, 0.3) is 0 Å². The molecular formula is C18H23ClO4. The molecule has 0 unspecified atom stereocenters. The Kier molecular flexibility index (Phi) is 4.72. The Balaban J connectivity index is 1.97. The van der Waals surface area contributed by atoms with Gasteiger partial charge in [-0.25, -0.2) is 0 Å². The van der Waals surface area contributed by atoms with Crippen molar-refractivity contribution in [3.8, 4) is 11.5 Å². The lowest BCUT2D eigenvalue weighted by molar-refractivity contribution is -0.143. The first-order valence-electron chi connectivity index (χ1n) is 8.35. The van der Waals surface area contributed by atoms with Crippen LogP contribution in [-0.4, -0.2) is 24.3 Å². The fraction of sp³-hybridized carbons (Fsp3) is 0.611. The highest BCUT2D eigenvalue weighted by atomic mass is 35.5. The van der Waals surface area contributed by atoms with Crippen LogP contribution in [0.2, 0.25) is 5.02 Å². The molecule has 126 valence electrons. The lowest BCUT2D eigenvalue weighted by Crippen LogP contribution is -2.32. The van der Waals surface area contributed by atoms with Crippen molar-refractivity contribution in [2.24, 2.45) is 0 Å². The van der Waals surface area contributed by atoms with Gasteiger partial charge in [0.15, 0.2) is 11.5 Å². The number of halogens is 1. The Morgan fingerprint density at radius 2 is 1.87 bits per heavy atom. The van der Waals surface area contributed by atoms with E-state index in [1.807, 2.05) is 0 Å². The second kappa shape index (κ2) is 6.60. The Bertz CT molecular complexity index is 587. The molecule has 0 aliphatic heterocycles. The third-order valence-corrected chi connectivity index (χ3v) is 5.52. The monoisotopic (exact) mass is 338 g/mol. The van der Waals surface area contributed by atoms with Crippen LogP contribution in [0.15, 0.2) is 12.1 Å². The van der Waals surface area contributed by atoms with Crippen LogP contribution >= 0.6 is 11.6 Å². The number of carbonyl (C=O) groups is 1. The van der Waals surface area contributed by atoms with Crippen molar-refractivity contribution >= 4 is 17.6 Å². The highest BCUT2D eigenvalue weighted by molar-refractivity contribution is 6.32. The largest absolute Gasteiger partial charge is 0.493 e. The third kappa shape index (κ3) is 3.01. The topological polar surface area (TPSA) is 55.8 Å². The Hall–Kier alpha value is -1.42. The summed E-state index contributed by atoms with van der Waals surface area (Å²) in [6.07, 6.45) is 7.71. The smallest absolute Gasteiger partial charge is 0.314 e. The van der Waals surface area contributed by atoms with Crippen LogP contribution in [0.5, 0.6) is 11.5 Å². The van der Waals surface area contributed by atoms with Crippen LogP contribution in [-0.2, 0) is 10.2 Å². The van der Waals surface area contributed by atoms with Crippen LogP contribution in [0, 0.1) is 0 Å². The van der Waals surface area contributed by atoms with Crippen molar-refractivity contribution in [1.82, 2.24) is 0 Å². The molecule has 2 fully saturated rings. The maximum atomic E-state index is 11.9. The van der Waals surface area contributed by atoms with E-state index in [-0.39, 0.29) is 6.10 Å². The molecule has 0 radical (unpaired) electrons. The second-order valence-electron chi connectivity index (χ2n) is 6.61.